The molecule has 19 heavy (non-hydrogen) atoms. The van der Waals surface area contributed by atoms with Gasteiger partial charge in [-0.15, -0.1) is 0 Å². The highest BCUT2D eigenvalue weighted by molar-refractivity contribution is 5.88. The Bertz CT molecular complexity index is 563. The van der Waals surface area contributed by atoms with Gasteiger partial charge in [0.15, 0.2) is 0 Å². The van der Waals surface area contributed by atoms with E-state index in [1.807, 2.05) is 19.9 Å². The summed E-state index contributed by atoms with van der Waals surface area (Å²) in [5, 5.41) is 11.1. The van der Waals surface area contributed by atoms with Crippen molar-refractivity contribution in [3.8, 4) is 5.75 Å². The van der Waals surface area contributed by atoms with Crippen LogP contribution in [-0.2, 0) is 16.8 Å². The van der Waals surface area contributed by atoms with E-state index in [-0.39, 0.29) is 5.78 Å². The molecule has 0 saturated heterocycles. The molecule has 3 rings (SSSR count). The molecule has 0 radical (unpaired) electrons. The maximum atomic E-state index is 12.3. The van der Waals surface area contributed by atoms with Gasteiger partial charge in [-0.05, 0) is 55.9 Å². The summed E-state index contributed by atoms with van der Waals surface area (Å²) in [6.45, 7) is 3.91. The summed E-state index contributed by atoms with van der Waals surface area (Å²) >= 11 is 0. The molecule has 0 amide bonds. The maximum absolute atomic E-state index is 12.3. The number of hydrogen-bond acceptors (Lipinski definition) is 3. The Balaban J connectivity index is 2.21. The van der Waals surface area contributed by atoms with E-state index in [0.717, 1.165) is 28.9 Å². The number of carbonyl (C=O) groups excluding carboxylic acids is 1. The molecule has 1 saturated carbocycles. The van der Waals surface area contributed by atoms with E-state index in [2.05, 4.69) is 6.07 Å². The number of carbonyl (C=O) groups is 1. The van der Waals surface area contributed by atoms with Crippen LogP contribution in [0.15, 0.2) is 12.1 Å². The van der Waals surface area contributed by atoms with Crippen molar-refractivity contribution in [2.75, 3.05) is 7.11 Å². The van der Waals surface area contributed by atoms with Crippen LogP contribution in [0.2, 0.25) is 0 Å². The summed E-state index contributed by atoms with van der Waals surface area (Å²) in [6.07, 6.45) is 2.65. The molecule has 3 nitrogen and oxygen atoms in total. The molecule has 1 N–H and O–H groups in total. The van der Waals surface area contributed by atoms with Gasteiger partial charge in [0.05, 0.1) is 12.5 Å². The topological polar surface area (TPSA) is 46.5 Å². The normalized spacial score (nSPS) is 32.9. The van der Waals surface area contributed by atoms with Gasteiger partial charge in [-0.2, -0.15) is 0 Å². The second-order valence-corrected chi connectivity index (χ2v) is 6.12. The van der Waals surface area contributed by atoms with Crippen LogP contribution in [0.3, 0.4) is 0 Å². The van der Waals surface area contributed by atoms with E-state index >= 15 is 0 Å². The maximum Gasteiger partial charge on any atom is 0.142 e. The summed E-state index contributed by atoms with van der Waals surface area (Å²) in [4.78, 5) is 12.3. The zero-order chi connectivity index (χ0) is 13.8. The van der Waals surface area contributed by atoms with Gasteiger partial charge >= 0.3 is 0 Å². The summed E-state index contributed by atoms with van der Waals surface area (Å²) in [5.74, 6) is 0.975. The zero-order valence-corrected chi connectivity index (χ0v) is 11.7. The minimum absolute atomic E-state index is 0.189. The first-order valence-corrected chi connectivity index (χ1v) is 6.86. The molecule has 2 aliphatic carbocycles. The molecule has 2 aliphatic rings. The Morgan fingerprint density at radius 1 is 1.37 bits per heavy atom. The van der Waals surface area contributed by atoms with Crippen molar-refractivity contribution >= 4 is 5.78 Å². The van der Waals surface area contributed by atoms with Crippen molar-refractivity contribution in [3.05, 3.63) is 28.8 Å². The van der Waals surface area contributed by atoms with Gasteiger partial charge in [0.25, 0.3) is 0 Å². The number of ketones is 1. The van der Waals surface area contributed by atoms with Gasteiger partial charge in [0, 0.05) is 6.42 Å². The van der Waals surface area contributed by atoms with Crippen LogP contribution in [0.5, 0.6) is 5.75 Å². The Kier molecular flexibility index (Phi) is 2.55. The van der Waals surface area contributed by atoms with Gasteiger partial charge < -0.3 is 9.84 Å². The smallest absolute Gasteiger partial charge is 0.142 e. The predicted molar refractivity (Wildman–Crippen MR) is 72.3 cm³/mol. The Morgan fingerprint density at radius 3 is 2.79 bits per heavy atom. The first-order valence-electron chi connectivity index (χ1n) is 6.86. The van der Waals surface area contributed by atoms with E-state index in [4.69, 9.17) is 4.74 Å². The van der Waals surface area contributed by atoms with Gasteiger partial charge in [-0.25, -0.2) is 0 Å². The summed E-state index contributed by atoms with van der Waals surface area (Å²) < 4.78 is 5.36. The number of aryl methyl sites for hydroxylation is 1. The highest BCUT2D eigenvalue weighted by atomic mass is 16.5. The molecule has 2 atom stereocenters. The molecule has 102 valence electrons. The van der Waals surface area contributed by atoms with Crippen molar-refractivity contribution in [1.82, 2.24) is 0 Å². The van der Waals surface area contributed by atoms with Gasteiger partial charge in [0.2, 0.25) is 0 Å². The fourth-order valence-electron chi connectivity index (χ4n) is 3.84. The lowest BCUT2D eigenvalue weighted by Crippen LogP contribution is -2.49. The Hall–Kier alpha value is -1.35. The fraction of sp³-hybridized carbons (Fsp3) is 0.562. The van der Waals surface area contributed by atoms with Crippen molar-refractivity contribution in [2.45, 2.75) is 45.1 Å². The van der Waals surface area contributed by atoms with Crippen LogP contribution in [0.4, 0.5) is 0 Å². The lowest BCUT2D eigenvalue weighted by Gasteiger charge is -2.42. The van der Waals surface area contributed by atoms with Crippen molar-refractivity contribution < 1.29 is 14.6 Å². The van der Waals surface area contributed by atoms with Crippen LogP contribution >= 0.6 is 0 Å². The largest absolute Gasteiger partial charge is 0.496 e. The van der Waals surface area contributed by atoms with Crippen LogP contribution < -0.4 is 4.74 Å². The third kappa shape index (κ3) is 1.45. The number of hydrogen-bond donors (Lipinski definition) is 1. The van der Waals surface area contributed by atoms with E-state index in [9.17, 15) is 9.90 Å². The molecule has 2 unspecified atom stereocenters. The lowest BCUT2D eigenvalue weighted by atomic mass is 9.64. The van der Waals surface area contributed by atoms with Crippen LogP contribution in [0.25, 0.3) is 0 Å². The molecule has 1 fully saturated rings. The van der Waals surface area contributed by atoms with Crippen molar-refractivity contribution in [3.63, 3.8) is 0 Å². The number of methoxy groups -OCH3 is 1. The number of fused-ring (bicyclic) bond motifs is 3. The van der Waals surface area contributed by atoms with Crippen LogP contribution in [0, 0.1) is 12.3 Å². The van der Waals surface area contributed by atoms with E-state index < -0.39 is 11.0 Å². The average molecular weight is 260 g/mol. The summed E-state index contributed by atoms with van der Waals surface area (Å²) in [5.41, 5.74) is 1.37. The van der Waals surface area contributed by atoms with Crippen LogP contribution in [-0.4, -0.2) is 18.0 Å². The van der Waals surface area contributed by atoms with E-state index in [0.29, 0.717) is 19.3 Å². The Morgan fingerprint density at radius 2 is 2.11 bits per heavy atom. The standard InChI is InChI=1S/C16H20O3/c1-10-7-11-9-15(2)14(17)5-4-6-16(15,18)12(11)8-13(10)19-3/h7-8,18H,4-6,9H2,1-3H3. The van der Waals surface area contributed by atoms with Gasteiger partial charge in [-0.3, -0.25) is 4.79 Å². The second kappa shape index (κ2) is 3.83. The van der Waals surface area contributed by atoms with E-state index in [1.165, 1.54) is 0 Å². The monoisotopic (exact) mass is 260 g/mol. The molecule has 0 spiro atoms. The number of Topliss-reactive ketones (excluding diaryl/α,β-unsaturated/α-hetero) is 1. The SMILES string of the molecule is COc1cc2c(cc1C)CC1(C)C(=O)CCCC21O. The van der Waals surface area contributed by atoms with E-state index in [1.54, 1.807) is 7.11 Å². The molecule has 1 aromatic rings. The minimum Gasteiger partial charge on any atom is -0.496 e. The Labute approximate surface area is 113 Å². The number of aliphatic hydroxyl groups is 1. The highest BCUT2D eigenvalue weighted by Gasteiger charge is 2.59. The molecule has 0 aliphatic heterocycles. The zero-order valence-electron chi connectivity index (χ0n) is 11.7. The van der Waals surface area contributed by atoms with Gasteiger partial charge in [-0.1, -0.05) is 6.07 Å². The quantitative estimate of drug-likeness (QED) is 0.844. The third-order valence-electron chi connectivity index (χ3n) is 5.08. The summed E-state index contributed by atoms with van der Waals surface area (Å²) in [7, 11) is 1.64. The number of ether oxygens (including phenoxy) is 1. The number of rotatable bonds is 1. The molecular weight excluding hydrogens is 240 g/mol. The lowest BCUT2D eigenvalue weighted by molar-refractivity contribution is -0.153. The molecule has 0 bridgehead atoms. The fourth-order valence-corrected chi connectivity index (χ4v) is 3.84. The molecular formula is C16H20O3. The van der Waals surface area contributed by atoms with Crippen molar-refractivity contribution in [2.24, 2.45) is 5.41 Å². The van der Waals surface area contributed by atoms with Crippen LogP contribution in [0.1, 0.15) is 42.9 Å². The first-order chi connectivity index (χ1) is 8.92. The molecule has 1 aromatic carbocycles. The summed E-state index contributed by atoms with van der Waals surface area (Å²) in [6, 6.07) is 3.98. The third-order valence-corrected chi connectivity index (χ3v) is 5.08. The average Bonchev–Trinajstić information content (AvgIpc) is 2.58. The first kappa shape index (κ1) is 12.7. The molecule has 3 heteroatoms. The number of benzene rings is 1. The second-order valence-electron chi connectivity index (χ2n) is 6.12. The molecule has 0 heterocycles. The van der Waals surface area contributed by atoms with Crippen molar-refractivity contribution in [1.29, 1.82) is 0 Å². The highest BCUT2D eigenvalue weighted by Crippen LogP contribution is 2.57. The molecule has 0 aromatic heterocycles. The predicted octanol–water partition coefficient (Wildman–Crippen LogP) is 2.51. The minimum atomic E-state index is -1.02. The van der Waals surface area contributed by atoms with Gasteiger partial charge in [0.1, 0.15) is 17.1 Å².